The number of carbonyl (C=O) groups excluding carboxylic acids is 3. The first-order chi connectivity index (χ1) is 27.0. The van der Waals surface area contributed by atoms with E-state index in [1.54, 1.807) is 20.8 Å². The predicted molar refractivity (Wildman–Crippen MR) is 188 cm³/mol. The maximum atomic E-state index is 15.7. The molecule has 3 aliphatic rings. The molecular formula is C38H38F8N6O6. The van der Waals surface area contributed by atoms with Crippen molar-refractivity contribution >= 4 is 23.6 Å². The summed E-state index contributed by atoms with van der Waals surface area (Å²) in [6, 6.07) is 3.96. The number of nitrogens with one attached hydrogen (secondary N) is 1. The highest BCUT2D eigenvalue weighted by Gasteiger charge is 2.55. The van der Waals surface area contributed by atoms with Gasteiger partial charge in [-0.2, -0.15) is 30.7 Å². The van der Waals surface area contributed by atoms with E-state index in [1.165, 1.54) is 17.0 Å². The standard InChI is InChI=1S/C38H38F8N6O6/c1-35(2,3)58-34(56)51-14-5-7-22(51)18-57-26-11-8-20(29(39)30(26)40)17-52-33(55)28(31(53)36(50(52)4)12-6-13-36)32(54)49-24-10-9-21(37(41,42)43)15-23(24)25-16-27(38(44,45)46)48-19-47-25/h8-11,15-16,19,22,53H,5-7,12-14,17-18H2,1-4H3,(H,49,54)/t22-/m0/s1. The molecule has 1 saturated carbocycles. The number of halogens is 8. The number of hydrogen-bond donors (Lipinski definition) is 2. The topological polar surface area (TPSA) is 137 Å². The van der Waals surface area contributed by atoms with Gasteiger partial charge in [-0.1, -0.05) is 6.07 Å². The Morgan fingerprint density at radius 2 is 1.67 bits per heavy atom. The summed E-state index contributed by atoms with van der Waals surface area (Å²) in [4.78, 5) is 48.8. The fraction of sp³-hybridized carbons (Fsp3) is 0.447. The summed E-state index contributed by atoms with van der Waals surface area (Å²) in [7, 11) is 1.40. The van der Waals surface area contributed by atoms with Crippen LogP contribution < -0.4 is 10.1 Å². The SMILES string of the molecule is CN1N(Cc2ccc(OC[C@@H]3CCCN3C(=O)OC(C)(C)C)c(F)c2F)C(=O)C(C(=O)Nc2ccc(C(F)(F)F)cc2-c2cc(C(F)(F)F)ncn2)=C(O)C12CCC2. The van der Waals surface area contributed by atoms with Crippen LogP contribution in [0, 0.1) is 11.6 Å². The molecule has 312 valence electrons. The van der Waals surface area contributed by atoms with Crippen LogP contribution in [0.5, 0.6) is 5.75 Å². The molecule has 6 rings (SSSR count). The van der Waals surface area contributed by atoms with E-state index in [0.29, 0.717) is 50.3 Å². The van der Waals surface area contributed by atoms with Crippen LogP contribution in [0.2, 0.25) is 0 Å². The number of hydrogen-bond acceptors (Lipinski definition) is 9. The number of hydrazine groups is 1. The molecule has 1 spiro atoms. The molecular weight excluding hydrogens is 788 g/mol. The van der Waals surface area contributed by atoms with Gasteiger partial charge in [-0.25, -0.2) is 24.2 Å². The molecule has 2 aromatic carbocycles. The van der Waals surface area contributed by atoms with Gasteiger partial charge in [0.2, 0.25) is 5.82 Å². The average molecular weight is 827 g/mol. The molecule has 2 N–H and O–H groups in total. The minimum absolute atomic E-state index is 0.172. The van der Waals surface area contributed by atoms with E-state index < -0.39 is 111 Å². The van der Waals surface area contributed by atoms with Crippen LogP contribution in [0.15, 0.2) is 54.1 Å². The van der Waals surface area contributed by atoms with Crippen LogP contribution in [-0.2, 0) is 33.2 Å². The van der Waals surface area contributed by atoms with Crippen LogP contribution in [0.25, 0.3) is 11.3 Å². The number of aliphatic hydroxyl groups is 1. The lowest BCUT2D eigenvalue weighted by molar-refractivity contribution is -0.172. The van der Waals surface area contributed by atoms with Crippen molar-refractivity contribution in [1.29, 1.82) is 0 Å². The van der Waals surface area contributed by atoms with E-state index in [0.717, 1.165) is 23.2 Å². The first-order valence-electron chi connectivity index (χ1n) is 18.0. The zero-order valence-electron chi connectivity index (χ0n) is 31.5. The molecule has 2 aliphatic heterocycles. The van der Waals surface area contributed by atoms with E-state index in [-0.39, 0.29) is 25.0 Å². The van der Waals surface area contributed by atoms with E-state index in [2.05, 4.69) is 15.3 Å². The zero-order valence-corrected chi connectivity index (χ0v) is 31.5. The van der Waals surface area contributed by atoms with Gasteiger partial charge in [-0.15, -0.1) is 0 Å². The van der Waals surface area contributed by atoms with E-state index >= 15 is 8.78 Å². The molecule has 20 heteroatoms. The Morgan fingerprint density at radius 1 is 0.966 bits per heavy atom. The molecule has 58 heavy (non-hydrogen) atoms. The Labute approximate surface area is 326 Å². The lowest BCUT2D eigenvalue weighted by Crippen LogP contribution is -2.65. The summed E-state index contributed by atoms with van der Waals surface area (Å²) in [6.07, 6.45) is -7.96. The largest absolute Gasteiger partial charge is 0.509 e. The summed E-state index contributed by atoms with van der Waals surface area (Å²) < 4.78 is 124. The number of rotatable bonds is 8. The first-order valence-corrected chi connectivity index (χ1v) is 18.0. The number of alkyl halides is 6. The van der Waals surface area contributed by atoms with Crippen LogP contribution in [0.4, 0.5) is 45.6 Å². The van der Waals surface area contributed by atoms with Gasteiger partial charge in [0.1, 0.15) is 35.6 Å². The van der Waals surface area contributed by atoms with Gasteiger partial charge in [-0.3, -0.25) is 14.6 Å². The van der Waals surface area contributed by atoms with E-state index in [1.807, 2.05) is 0 Å². The number of carbonyl (C=O) groups is 3. The van der Waals surface area contributed by atoms with Crippen molar-refractivity contribution in [2.45, 2.75) is 89.0 Å². The lowest BCUT2D eigenvalue weighted by atomic mass is 9.72. The van der Waals surface area contributed by atoms with Gasteiger partial charge in [0.05, 0.1) is 35.1 Å². The highest BCUT2D eigenvalue weighted by atomic mass is 19.4. The van der Waals surface area contributed by atoms with Gasteiger partial charge in [0.15, 0.2) is 11.6 Å². The number of amides is 3. The molecule has 3 heterocycles. The van der Waals surface area contributed by atoms with Gasteiger partial charge >= 0.3 is 18.4 Å². The van der Waals surface area contributed by atoms with Gasteiger partial charge in [-0.05, 0) is 83.2 Å². The van der Waals surface area contributed by atoms with Crippen molar-refractivity contribution in [3.05, 3.63) is 82.5 Å². The second-order valence-electron chi connectivity index (χ2n) is 15.1. The summed E-state index contributed by atoms with van der Waals surface area (Å²) in [6.45, 7) is 4.69. The van der Waals surface area contributed by atoms with Crippen LogP contribution >= 0.6 is 0 Å². The summed E-state index contributed by atoms with van der Waals surface area (Å²) in [5.74, 6) is -6.50. The number of ether oxygens (including phenoxy) is 2. The molecule has 2 fully saturated rings. The van der Waals surface area contributed by atoms with Crippen LogP contribution in [-0.4, -0.2) is 85.3 Å². The molecule has 1 aromatic heterocycles. The second-order valence-corrected chi connectivity index (χ2v) is 15.1. The molecule has 3 amide bonds. The number of aromatic nitrogens is 2. The van der Waals surface area contributed by atoms with Crippen molar-refractivity contribution in [2.24, 2.45) is 0 Å². The highest BCUT2D eigenvalue weighted by molar-refractivity contribution is 6.24. The lowest BCUT2D eigenvalue weighted by Gasteiger charge is -2.54. The summed E-state index contributed by atoms with van der Waals surface area (Å²) in [5.41, 5.74) is -7.89. The number of likely N-dealkylation sites (N-methyl/N-ethyl adjacent to an activating group) is 1. The van der Waals surface area contributed by atoms with Crippen molar-refractivity contribution < 1.29 is 64.1 Å². The minimum atomic E-state index is -5.00. The third-order valence-corrected chi connectivity index (χ3v) is 10.2. The average Bonchev–Trinajstić information content (AvgIpc) is 3.59. The number of benzene rings is 2. The van der Waals surface area contributed by atoms with Crippen LogP contribution in [0.3, 0.4) is 0 Å². The fourth-order valence-corrected chi connectivity index (χ4v) is 7.05. The van der Waals surface area contributed by atoms with Crippen molar-refractivity contribution in [2.75, 3.05) is 25.5 Å². The number of aliphatic hydroxyl groups excluding tert-OH is 1. The molecule has 0 radical (unpaired) electrons. The Kier molecular flexibility index (Phi) is 11.1. The van der Waals surface area contributed by atoms with Crippen molar-refractivity contribution in [3.63, 3.8) is 0 Å². The van der Waals surface area contributed by atoms with Gasteiger partial charge in [0, 0.05) is 24.7 Å². The van der Waals surface area contributed by atoms with E-state index in [4.69, 9.17) is 9.47 Å². The second kappa shape index (κ2) is 15.3. The molecule has 0 unspecified atom stereocenters. The molecule has 1 atom stereocenters. The summed E-state index contributed by atoms with van der Waals surface area (Å²) >= 11 is 0. The molecule has 1 saturated heterocycles. The van der Waals surface area contributed by atoms with Gasteiger partial charge < -0.3 is 24.8 Å². The Hall–Kier alpha value is -5.53. The predicted octanol–water partition coefficient (Wildman–Crippen LogP) is 7.80. The first kappa shape index (κ1) is 42.1. The maximum absolute atomic E-state index is 15.7. The third-order valence-electron chi connectivity index (χ3n) is 10.2. The number of nitrogens with zero attached hydrogens (tertiary/aromatic N) is 5. The fourth-order valence-electron chi connectivity index (χ4n) is 7.05. The monoisotopic (exact) mass is 826 g/mol. The van der Waals surface area contributed by atoms with E-state index in [9.17, 15) is 45.8 Å². The normalized spacial score (nSPS) is 18.8. The molecule has 1 aliphatic carbocycles. The Bertz CT molecular complexity index is 2150. The molecule has 3 aromatic rings. The Morgan fingerprint density at radius 3 is 2.29 bits per heavy atom. The quantitative estimate of drug-likeness (QED) is 0.172. The highest BCUT2D eigenvalue weighted by Crippen LogP contribution is 2.47. The molecule has 12 nitrogen and oxygen atoms in total. The van der Waals surface area contributed by atoms with Crippen molar-refractivity contribution in [1.82, 2.24) is 24.9 Å². The Balaban J connectivity index is 1.26. The maximum Gasteiger partial charge on any atom is 0.433 e. The number of anilines is 1. The number of likely N-dealkylation sites (tertiary alicyclic amines) is 1. The van der Waals surface area contributed by atoms with Gasteiger partial charge in [0.25, 0.3) is 11.8 Å². The van der Waals surface area contributed by atoms with Crippen LogP contribution in [0.1, 0.15) is 69.7 Å². The minimum Gasteiger partial charge on any atom is -0.509 e. The summed E-state index contributed by atoms with van der Waals surface area (Å²) in [5, 5.41) is 15.8. The molecule has 0 bridgehead atoms. The smallest absolute Gasteiger partial charge is 0.433 e. The van der Waals surface area contributed by atoms with Crippen molar-refractivity contribution in [3.8, 4) is 17.0 Å². The zero-order chi connectivity index (χ0) is 42.5. The third kappa shape index (κ3) is 8.23.